The van der Waals surface area contributed by atoms with Crippen LogP contribution in [0.3, 0.4) is 0 Å². The Morgan fingerprint density at radius 1 is 1.05 bits per heavy atom. The van der Waals surface area contributed by atoms with Gasteiger partial charge in [0.2, 0.25) is 0 Å². The Bertz CT molecular complexity index is 571. The van der Waals surface area contributed by atoms with Crippen LogP contribution in [-0.2, 0) is 6.54 Å². The topological polar surface area (TPSA) is 37.8 Å². The smallest absolute Gasteiger partial charge is 0.0890 e. The van der Waals surface area contributed by atoms with Gasteiger partial charge in [0.05, 0.1) is 22.9 Å². The fraction of sp³-hybridized carbons (Fsp3) is 0.529. The highest BCUT2D eigenvalue weighted by molar-refractivity contribution is 5.73. The van der Waals surface area contributed by atoms with Gasteiger partial charge >= 0.3 is 0 Å². The number of hydrogen-bond acceptors (Lipinski definition) is 3. The lowest BCUT2D eigenvalue weighted by atomic mass is 9.80. The molecular weight excluding hydrogens is 246 g/mol. The average Bonchev–Trinajstić information content (AvgIpc) is 2.44. The van der Waals surface area contributed by atoms with E-state index in [2.05, 4.69) is 29.1 Å². The minimum Gasteiger partial charge on any atom is -0.308 e. The van der Waals surface area contributed by atoms with E-state index < -0.39 is 0 Å². The maximum absolute atomic E-state index is 4.67. The van der Waals surface area contributed by atoms with Crippen molar-refractivity contribution >= 4 is 11.0 Å². The van der Waals surface area contributed by atoms with Crippen LogP contribution in [0.2, 0.25) is 0 Å². The lowest BCUT2D eigenvalue weighted by Gasteiger charge is -2.32. The van der Waals surface area contributed by atoms with Crippen molar-refractivity contribution in [2.24, 2.45) is 11.8 Å². The SMILES string of the molecule is CC1CC(C)CC(NCc2cnc3ccccc3n2)C1. The number of hydrogen-bond donors (Lipinski definition) is 1. The molecule has 0 amide bonds. The van der Waals surface area contributed by atoms with Gasteiger partial charge in [-0.25, -0.2) is 4.98 Å². The molecular formula is C17H23N3. The number of rotatable bonds is 3. The van der Waals surface area contributed by atoms with Crippen LogP contribution in [0.5, 0.6) is 0 Å². The second kappa shape index (κ2) is 5.88. The molecule has 3 rings (SSSR count). The minimum absolute atomic E-state index is 0.627. The first kappa shape index (κ1) is 13.5. The number of para-hydroxylation sites is 2. The Morgan fingerprint density at radius 3 is 2.50 bits per heavy atom. The highest BCUT2D eigenvalue weighted by atomic mass is 14.9. The van der Waals surface area contributed by atoms with Crippen LogP contribution in [0.25, 0.3) is 11.0 Å². The third-order valence-corrected chi connectivity index (χ3v) is 4.25. The maximum atomic E-state index is 4.67. The van der Waals surface area contributed by atoms with Crippen molar-refractivity contribution in [1.82, 2.24) is 15.3 Å². The Balaban J connectivity index is 1.64. The average molecular weight is 269 g/mol. The minimum atomic E-state index is 0.627. The quantitative estimate of drug-likeness (QED) is 0.926. The molecule has 1 aromatic heterocycles. The third-order valence-electron chi connectivity index (χ3n) is 4.25. The third kappa shape index (κ3) is 3.15. The molecule has 0 aliphatic heterocycles. The largest absolute Gasteiger partial charge is 0.308 e. The molecule has 0 bridgehead atoms. The van der Waals surface area contributed by atoms with Crippen molar-refractivity contribution in [1.29, 1.82) is 0 Å². The molecule has 0 radical (unpaired) electrons. The summed E-state index contributed by atoms with van der Waals surface area (Å²) >= 11 is 0. The number of fused-ring (bicyclic) bond motifs is 1. The molecule has 1 N–H and O–H groups in total. The first-order valence-electron chi connectivity index (χ1n) is 7.65. The van der Waals surface area contributed by atoms with Gasteiger partial charge in [-0.15, -0.1) is 0 Å². The molecule has 20 heavy (non-hydrogen) atoms. The van der Waals surface area contributed by atoms with E-state index in [-0.39, 0.29) is 0 Å². The molecule has 1 aromatic carbocycles. The molecule has 3 nitrogen and oxygen atoms in total. The number of nitrogens with one attached hydrogen (secondary N) is 1. The molecule has 1 aliphatic carbocycles. The van der Waals surface area contributed by atoms with Crippen LogP contribution in [0.4, 0.5) is 0 Å². The van der Waals surface area contributed by atoms with Gasteiger partial charge in [-0.2, -0.15) is 0 Å². The molecule has 1 saturated carbocycles. The molecule has 3 heteroatoms. The van der Waals surface area contributed by atoms with Crippen LogP contribution >= 0.6 is 0 Å². The summed E-state index contributed by atoms with van der Waals surface area (Å²) in [7, 11) is 0. The zero-order chi connectivity index (χ0) is 13.9. The van der Waals surface area contributed by atoms with Gasteiger partial charge in [-0.1, -0.05) is 26.0 Å². The zero-order valence-electron chi connectivity index (χ0n) is 12.3. The van der Waals surface area contributed by atoms with Crippen molar-refractivity contribution in [3.05, 3.63) is 36.2 Å². The van der Waals surface area contributed by atoms with Gasteiger partial charge in [-0.3, -0.25) is 4.98 Å². The van der Waals surface area contributed by atoms with E-state index in [0.29, 0.717) is 6.04 Å². The van der Waals surface area contributed by atoms with Crippen LogP contribution in [0.15, 0.2) is 30.5 Å². The van der Waals surface area contributed by atoms with E-state index >= 15 is 0 Å². The molecule has 1 aliphatic rings. The first-order valence-corrected chi connectivity index (χ1v) is 7.65. The second-order valence-corrected chi connectivity index (χ2v) is 6.35. The lowest BCUT2D eigenvalue weighted by Crippen LogP contribution is -2.36. The fourth-order valence-corrected chi connectivity index (χ4v) is 3.44. The molecule has 1 fully saturated rings. The molecule has 2 atom stereocenters. The van der Waals surface area contributed by atoms with Crippen molar-refractivity contribution in [2.75, 3.05) is 0 Å². The van der Waals surface area contributed by atoms with Crippen molar-refractivity contribution in [2.45, 2.75) is 45.7 Å². The van der Waals surface area contributed by atoms with Crippen molar-refractivity contribution in [3.63, 3.8) is 0 Å². The van der Waals surface area contributed by atoms with Gasteiger partial charge in [0.15, 0.2) is 0 Å². The van der Waals surface area contributed by atoms with E-state index in [1.54, 1.807) is 0 Å². The molecule has 1 heterocycles. The van der Waals surface area contributed by atoms with Gasteiger partial charge in [0, 0.05) is 12.6 Å². The van der Waals surface area contributed by atoms with Gasteiger partial charge in [0.25, 0.3) is 0 Å². The van der Waals surface area contributed by atoms with Crippen molar-refractivity contribution < 1.29 is 0 Å². The summed E-state index contributed by atoms with van der Waals surface area (Å²) in [5.41, 5.74) is 2.99. The summed E-state index contributed by atoms with van der Waals surface area (Å²) in [6, 6.07) is 8.67. The Labute approximate surface area is 120 Å². The zero-order valence-corrected chi connectivity index (χ0v) is 12.3. The summed E-state index contributed by atoms with van der Waals surface area (Å²) in [5.74, 6) is 1.66. The predicted molar refractivity (Wildman–Crippen MR) is 82.3 cm³/mol. The number of aromatic nitrogens is 2. The predicted octanol–water partition coefficient (Wildman–Crippen LogP) is 3.54. The van der Waals surface area contributed by atoms with Gasteiger partial charge in [-0.05, 0) is 43.2 Å². The standard InChI is InChI=1S/C17H23N3/c1-12-7-13(2)9-14(8-12)18-10-15-11-19-16-5-3-4-6-17(16)20-15/h3-6,11-14,18H,7-10H2,1-2H3. The number of benzene rings is 1. The lowest BCUT2D eigenvalue weighted by molar-refractivity contribution is 0.237. The van der Waals surface area contributed by atoms with E-state index in [4.69, 9.17) is 0 Å². The van der Waals surface area contributed by atoms with E-state index in [0.717, 1.165) is 35.1 Å². The summed E-state index contributed by atoms with van der Waals surface area (Å²) in [4.78, 5) is 9.14. The highest BCUT2D eigenvalue weighted by Gasteiger charge is 2.23. The number of nitrogens with zero attached hydrogens (tertiary/aromatic N) is 2. The van der Waals surface area contributed by atoms with Crippen molar-refractivity contribution in [3.8, 4) is 0 Å². The van der Waals surface area contributed by atoms with Crippen LogP contribution in [0.1, 0.15) is 38.8 Å². The molecule has 2 unspecified atom stereocenters. The monoisotopic (exact) mass is 269 g/mol. The normalized spacial score (nSPS) is 26.8. The molecule has 2 aromatic rings. The van der Waals surface area contributed by atoms with Crippen LogP contribution in [-0.4, -0.2) is 16.0 Å². The Kier molecular flexibility index (Phi) is 3.97. The summed E-state index contributed by atoms with van der Waals surface area (Å²) in [5, 5.41) is 3.66. The fourth-order valence-electron chi connectivity index (χ4n) is 3.44. The van der Waals surface area contributed by atoms with E-state index in [1.807, 2.05) is 30.5 Å². The maximum Gasteiger partial charge on any atom is 0.0890 e. The molecule has 0 saturated heterocycles. The van der Waals surface area contributed by atoms with Gasteiger partial charge in [0.1, 0.15) is 0 Å². The first-order chi connectivity index (χ1) is 9.70. The highest BCUT2D eigenvalue weighted by Crippen LogP contribution is 2.28. The van der Waals surface area contributed by atoms with Gasteiger partial charge < -0.3 is 5.32 Å². The van der Waals surface area contributed by atoms with Crippen LogP contribution < -0.4 is 5.32 Å². The Hall–Kier alpha value is -1.48. The summed E-state index contributed by atoms with van der Waals surface area (Å²) in [6.45, 7) is 5.54. The second-order valence-electron chi connectivity index (χ2n) is 6.35. The molecule has 106 valence electrons. The van der Waals surface area contributed by atoms with E-state index in [9.17, 15) is 0 Å². The molecule has 0 spiro atoms. The Morgan fingerprint density at radius 2 is 1.75 bits per heavy atom. The summed E-state index contributed by atoms with van der Waals surface area (Å²) < 4.78 is 0. The summed E-state index contributed by atoms with van der Waals surface area (Å²) in [6.07, 6.45) is 5.83. The van der Waals surface area contributed by atoms with Crippen LogP contribution in [0, 0.1) is 11.8 Å². The van der Waals surface area contributed by atoms with E-state index in [1.165, 1.54) is 19.3 Å².